The molecule has 2 heterocycles. The van der Waals surface area contributed by atoms with Crippen LogP contribution in [-0.2, 0) is 17.1 Å². The Labute approximate surface area is 105 Å². The van der Waals surface area contributed by atoms with E-state index < -0.39 is 10.0 Å². The second-order valence-electron chi connectivity index (χ2n) is 3.02. The standard InChI is InChI=1S/C7H7BrN6O2S/c1-14-7(6(8)11-13-14)17(15,16)12-5-3-2-4-9-10-5/h2-4H,1H3,(H,10,12). The molecule has 90 valence electrons. The highest BCUT2D eigenvalue weighted by Gasteiger charge is 2.24. The molecule has 0 fully saturated rings. The molecule has 0 aromatic carbocycles. The lowest BCUT2D eigenvalue weighted by atomic mass is 10.6. The summed E-state index contributed by atoms with van der Waals surface area (Å²) in [6, 6.07) is 3.06. The average molecular weight is 319 g/mol. The van der Waals surface area contributed by atoms with Crippen molar-refractivity contribution in [2.45, 2.75) is 5.03 Å². The Kier molecular flexibility index (Phi) is 3.07. The molecule has 0 amide bonds. The van der Waals surface area contributed by atoms with Crippen LogP contribution < -0.4 is 4.72 Å². The minimum Gasteiger partial charge on any atom is -0.260 e. The number of rotatable bonds is 3. The quantitative estimate of drug-likeness (QED) is 0.865. The van der Waals surface area contributed by atoms with Crippen molar-refractivity contribution in [3.63, 3.8) is 0 Å². The lowest BCUT2D eigenvalue weighted by Gasteiger charge is -2.05. The Morgan fingerprint density at radius 2 is 2.18 bits per heavy atom. The third kappa shape index (κ3) is 2.42. The van der Waals surface area contributed by atoms with Gasteiger partial charge in [-0.15, -0.1) is 10.2 Å². The number of aromatic nitrogens is 5. The van der Waals surface area contributed by atoms with Gasteiger partial charge in [0.1, 0.15) is 0 Å². The number of hydrogen-bond acceptors (Lipinski definition) is 6. The predicted molar refractivity (Wildman–Crippen MR) is 61.5 cm³/mol. The summed E-state index contributed by atoms with van der Waals surface area (Å²) in [4.78, 5) is 0. The lowest BCUT2D eigenvalue weighted by molar-refractivity contribution is 0.578. The summed E-state index contributed by atoms with van der Waals surface area (Å²) < 4.78 is 27.5. The summed E-state index contributed by atoms with van der Waals surface area (Å²) >= 11 is 3.02. The molecule has 17 heavy (non-hydrogen) atoms. The summed E-state index contributed by atoms with van der Waals surface area (Å²) in [5.74, 6) is 0.126. The number of sulfonamides is 1. The Morgan fingerprint density at radius 1 is 1.41 bits per heavy atom. The van der Waals surface area contributed by atoms with Crippen molar-refractivity contribution in [2.75, 3.05) is 4.72 Å². The Hall–Kier alpha value is -1.55. The Bertz CT molecular complexity index is 606. The fourth-order valence-electron chi connectivity index (χ4n) is 1.15. The first kappa shape index (κ1) is 11.9. The summed E-state index contributed by atoms with van der Waals surface area (Å²) in [5.41, 5.74) is 0. The minimum atomic E-state index is -3.79. The molecule has 8 nitrogen and oxygen atoms in total. The van der Waals surface area contributed by atoms with Crippen LogP contribution in [0.15, 0.2) is 28.0 Å². The van der Waals surface area contributed by atoms with Gasteiger partial charge in [-0.3, -0.25) is 4.72 Å². The molecule has 0 saturated carbocycles. The second kappa shape index (κ2) is 4.37. The van der Waals surface area contributed by atoms with E-state index in [4.69, 9.17) is 0 Å². The van der Waals surface area contributed by atoms with E-state index in [1.54, 1.807) is 6.07 Å². The molecule has 10 heteroatoms. The van der Waals surface area contributed by atoms with Gasteiger partial charge in [-0.2, -0.15) is 13.5 Å². The van der Waals surface area contributed by atoms with Crippen molar-refractivity contribution in [2.24, 2.45) is 7.05 Å². The first-order valence-electron chi connectivity index (χ1n) is 4.36. The zero-order chi connectivity index (χ0) is 12.5. The largest absolute Gasteiger partial charge is 0.283 e. The number of nitrogens with zero attached hydrogens (tertiary/aromatic N) is 5. The predicted octanol–water partition coefficient (Wildman–Crippen LogP) is 0.168. The topological polar surface area (TPSA) is 103 Å². The zero-order valence-electron chi connectivity index (χ0n) is 8.57. The van der Waals surface area contributed by atoms with Crippen LogP contribution in [0.5, 0.6) is 0 Å². The van der Waals surface area contributed by atoms with E-state index >= 15 is 0 Å². The molecule has 0 aliphatic heterocycles. The van der Waals surface area contributed by atoms with Gasteiger partial charge in [-0.05, 0) is 28.1 Å². The van der Waals surface area contributed by atoms with Crippen LogP contribution in [-0.4, -0.2) is 33.6 Å². The van der Waals surface area contributed by atoms with E-state index in [0.29, 0.717) is 0 Å². The van der Waals surface area contributed by atoms with E-state index in [-0.39, 0.29) is 15.4 Å². The van der Waals surface area contributed by atoms with Gasteiger partial charge in [0.2, 0.25) is 5.03 Å². The molecular formula is C7H7BrN6O2S. The van der Waals surface area contributed by atoms with E-state index in [0.717, 1.165) is 4.68 Å². The van der Waals surface area contributed by atoms with Gasteiger partial charge >= 0.3 is 0 Å². The zero-order valence-corrected chi connectivity index (χ0v) is 11.0. The van der Waals surface area contributed by atoms with Crippen molar-refractivity contribution in [3.05, 3.63) is 22.9 Å². The smallest absolute Gasteiger partial charge is 0.260 e. The van der Waals surface area contributed by atoms with Crippen LogP contribution in [0.3, 0.4) is 0 Å². The van der Waals surface area contributed by atoms with E-state index in [2.05, 4.69) is 41.2 Å². The third-order valence-corrected chi connectivity index (χ3v) is 4.04. The van der Waals surface area contributed by atoms with Crippen LogP contribution in [0.4, 0.5) is 5.82 Å². The molecule has 0 radical (unpaired) electrons. The second-order valence-corrected chi connectivity index (χ2v) is 5.37. The van der Waals surface area contributed by atoms with Crippen molar-refractivity contribution in [1.29, 1.82) is 0 Å². The molecule has 2 aromatic rings. The monoisotopic (exact) mass is 318 g/mol. The van der Waals surface area contributed by atoms with E-state index in [1.165, 1.54) is 19.3 Å². The maximum Gasteiger partial charge on any atom is 0.283 e. The highest BCUT2D eigenvalue weighted by Crippen LogP contribution is 2.19. The van der Waals surface area contributed by atoms with Gasteiger partial charge < -0.3 is 0 Å². The Morgan fingerprint density at radius 3 is 2.71 bits per heavy atom. The molecule has 0 unspecified atom stereocenters. The number of aryl methyl sites for hydroxylation is 1. The summed E-state index contributed by atoms with van der Waals surface area (Å²) in [7, 11) is -2.32. The summed E-state index contributed by atoms with van der Waals surface area (Å²) in [5, 5.41) is 14.3. The maximum atomic E-state index is 12.0. The fourth-order valence-corrected chi connectivity index (χ4v) is 3.24. The van der Waals surface area contributed by atoms with Gasteiger partial charge in [0.15, 0.2) is 10.4 Å². The first-order valence-corrected chi connectivity index (χ1v) is 6.64. The number of hydrogen-bond donors (Lipinski definition) is 1. The molecule has 0 spiro atoms. The molecule has 0 bridgehead atoms. The third-order valence-electron chi connectivity index (χ3n) is 1.80. The van der Waals surface area contributed by atoms with E-state index in [1.807, 2.05) is 0 Å². The molecular weight excluding hydrogens is 312 g/mol. The van der Waals surface area contributed by atoms with Crippen molar-refractivity contribution in [1.82, 2.24) is 25.2 Å². The molecule has 2 aromatic heterocycles. The van der Waals surface area contributed by atoms with Gasteiger partial charge in [0.05, 0.1) is 0 Å². The van der Waals surface area contributed by atoms with Crippen LogP contribution in [0.2, 0.25) is 0 Å². The molecule has 2 rings (SSSR count). The van der Waals surface area contributed by atoms with Crippen LogP contribution in [0.25, 0.3) is 0 Å². The van der Waals surface area contributed by atoms with Crippen LogP contribution in [0.1, 0.15) is 0 Å². The maximum absolute atomic E-state index is 12.0. The van der Waals surface area contributed by atoms with Gasteiger partial charge in [0.25, 0.3) is 10.0 Å². The van der Waals surface area contributed by atoms with Gasteiger partial charge in [0, 0.05) is 13.2 Å². The SMILES string of the molecule is Cn1nnc(Br)c1S(=O)(=O)Nc1cccnn1. The highest BCUT2D eigenvalue weighted by molar-refractivity contribution is 9.10. The lowest BCUT2D eigenvalue weighted by Crippen LogP contribution is -2.18. The molecule has 0 atom stereocenters. The normalized spacial score (nSPS) is 11.4. The Balaban J connectivity index is 2.39. The number of halogens is 1. The highest BCUT2D eigenvalue weighted by atomic mass is 79.9. The number of nitrogens with one attached hydrogen (secondary N) is 1. The van der Waals surface area contributed by atoms with Crippen LogP contribution >= 0.6 is 15.9 Å². The molecule has 1 N–H and O–H groups in total. The van der Waals surface area contributed by atoms with Crippen LogP contribution in [0, 0.1) is 0 Å². The van der Waals surface area contributed by atoms with Crippen molar-refractivity contribution >= 4 is 31.8 Å². The number of anilines is 1. The summed E-state index contributed by atoms with van der Waals surface area (Å²) in [6.07, 6.45) is 1.44. The van der Waals surface area contributed by atoms with Gasteiger partial charge in [-0.1, -0.05) is 5.21 Å². The first-order chi connectivity index (χ1) is 8.00. The van der Waals surface area contributed by atoms with E-state index in [9.17, 15) is 8.42 Å². The average Bonchev–Trinajstić information content (AvgIpc) is 2.59. The van der Waals surface area contributed by atoms with Gasteiger partial charge in [-0.25, -0.2) is 4.68 Å². The molecule has 0 aliphatic carbocycles. The fraction of sp³-hybridized carbons (Fsp3) is 0.143. The molecule has 0 saturated heterocycles. The van der Waals surface area contributed by atoms with Crippen molar-refractivity contribution < 1.29 is 8.42 Å². The molecule has 0 aliphatic rings. The summed E-state index contributed by atoms with van der Waals surface area (Å²) in [6.45, 7) is 0. The van der Waals surface area contributed by atoms with Crippen molar-refractivity contribution in [3.8, 4) is 0 Å². The minimum absolute atomic E-state index is 0.0804.